The average molecular weight is 268 g/mol. The molecule has 1 rings (SSSR count). The van der Waals surface area contributed by atoms with Gasteiger partial charge in [0.2, 0.25) is 0 Å². The fourth-order valence-electron chi connectivity index (χ4n) is 1.18. The average Bonchev–Trinajstić information content (AvgIpc) is 2.69. The van der Waals surface area contributed by atoms with Crippen LogP contribution in [0.4, 0.5) is 13.2 Å². The Morgan fingerprint density at radius 2 is 2.24 bits per heavy atom. The molecule has 1 heterocycles. The molecule has 0 fully saturated rings. The fraction of sp³-hybridized carbons (Fsp3) is 0.700. The van der Waals surface area contributed by atoms with Crippen LogP contribution in [0.2, 0.25) is 0 Å². The van der Waals surface area contributed by atoms with E-state index in [-0.39, 0.29) is 6.42 Å². The van der Waals surface area contributed by atoms with Crippen molar-refractivity contribution >= 4 is 11.3 Å². The van der Waals surface area contributed by atoms with Crippen molar-refractivity contribution in [2.45, 2.75) is 25.6 Å². The van der Waals surface area contributed by atoms with Crippen LogP contribution in [0.3, 0.4) is 0 Å². The molecule has 0 aliphatic rings. The molecular formula is C10H15F3N2OS. The monoisotopic (exact) mass is 268 g/mol. The van der Waals surface area contributed by atoms with E-state index in [1.807, 2.05) is 0 Å². The minimum absolute atomic E-state index is 0.0355. The van der Waals surface area contributed by atoms with E-state index in [1.54, 1.807) is 12.5 Å². The van der Waals surface area contributed by atoms with Crippen LogP contribution in [-0.4, -0.2) is 31.4 Å². The van der Waals surface area contributed by atoms with Gasteiger partial charge in [-0.1, -0.05) is 0 Å². The summed E-state index contributed by atoms with van der Waals surface area (Å²) in [5, 5.41) is 5.40. The van der Waals surface area contributed by atoms with E-state index < -0.39 is 12.6 Å². The van der Waals surface area contributed by atoms with Crippen LogP contribution in [0, 0.1) is 0 Å². The summed E-state index contributed by atoms with van der Waals surface area (Å²) in [6, 6.07) is 0. The maximum Gasteiger partial charge on any atom is 0.389 e. The predicted molar refractivity (Wildman–Crippen MR) is 60.1 cm³/mol. The van der Waals surface area contributed by atoms with Crippen LogP contribution in [0.1, 0.15) is 17.1 Å². The number of thiazole rings is 1. The van der Waals surface area contributed by atoms with Crippen LogP contribution in [-0.2, 0) is 17.7 Å². The topological polar surface area (TPSA) is 34.1 Å². The van der Waals surface area contributed by atoms with E-state index >= 15 is 0 Å². The molecule has 0 saturated carbocycles. The molecule has 1 aromatic heterocycles. The van der Waals surface area contributed by atoms with Gasteiger partial charge >= 0.3 is 6.18 Å². The summed E-state index contributed by atoms with van der Waals surface area (Å²) >= 11 is 1.27. The second-order valence-corrected chi connectivity index (χ2v) is 4.46. The molecule has 0 unspecified atom stereocenters. The minimum Gasteiger partial charge on any atom is -0.383 e. The van der Waals surface area contributed by atoms with Gasteiger partial charge in [-0.25, -0.2) is 4.98 Å². The first kappa shape index (κ1) is 14.4. The second-order valence-electron chi connectivity index (χ2n) is 3.52. The maximum atomic E-state index is 12.0. The molecule has 0 radical (unpaired) electrons. The van der Waals surface area contributed by atoms with Crippen molar-refractivity contribution in [3.63, 3.8) is 0 Å². The zero-order valence-electron chi connectivity index (χ0n) is 9.51. The highest BCUT2D eigenvalue weighted by atomic mass is 32.1. The van der Waals surface area contributed by atoms with Gasteiger partial charge in [0.15, 0.2) is 0 Å². The summed E-state index contributed by atoms with van der Waals surface area (Å²) in [5.41, 5.74) is 0.781. The molecule has 0 atom stereocenters. The quantitative estimate of drug-likeness (QED) is 0.771. The number of aryl methyl sites for hydroxylation is 1. The first-order valence-electron chi connectivity index (χ1n) is 5.21. The Morgan fingerprint density at radius 3 is 2.88 bits per heavy atom. The number of nitrogens with one attached hydrogen (secondary N) is 1. The molecule has 1 aromatic rings. The van der Waals surface area contributed by atoms with Crippen molar-refractivity contribution in [3.05, 3.63) is 16.1 Å². The molecule has 0 saturated heterocycles. The van der Waals surface area contributed by atoms with Crippen molar-refractivity contribution in [1.82, 2.24) is 10.3 Å². The van der Waals surface area contributed by atoms with Gasteiger partial charge in [0, 0.05) is 38.4 Å². The van der Waals surface area contributed by atoms with Gasteiger partial charge in [0.1, 0.15) is 0 Å². The lowest BCUT2D eigenvalue weighted by Crippen LogP contribution is -2.18. The third-order valence-electron chi connectivity index (χ3n) is 2.01. The molecule has 0 aliphatic heterocycles. The number of aromatic nitrogens is 1. The third kappa shape index (κ3) is 6.60. The minimum atomic E-state index is -4.11. The van der Waals surface area contributed by atoms with Crippen LogP contribution in [0.25, 0.3) is 0 Å². The number of methoxy groups -OCH3 is 1. The van der Waals surface area contributed by atoms with Crippen LogP contribution in [0.5, 0.6) is 0 Å². The van der Waals surface area contributed by atoms with Crippen molar-refractivity contribution in [1.29, 1.82) is 0 Å². The molecule has 0 bridgehead atoms. The summed E-state index contributed by atoms with van der Waals surface area (Å²) in [6.07, 6.45) is -4.95. The summed E-state index contributed by atoms with van der Waals surface area (Å²) in [7, 11) is 1.61. The Hall–Kier alpha value is -0.660. The first-order valence-corrected chi connectivity index (χ1v) is 6.09. The van der Waals surface area contributed by atoms with Crippen LogP contribution in [0.15, 0.2) is 5.38 Å². The van der Waals surface area contributed by atoms with Gasteiger partial charge in [-0.2, -0.15) is 13.2 Å². The number of halogens is 3. The summed E-state index contributed by atoms with van der Waals surface area (Å²) < 4.78 is 40.8. The highest BCUT2D eigenvalue weighted by Crippen LogP contribution is 2.23. The van der Waals surface area contributed by atoms with Crippen LogP contribution >= 0.6 is 11.3 Å². The van der Waals surface area contributed by atoms with Crippen LogP contribution < -0.4 is 5.32 Å². The zero-order valence-corrected chi connectivity index (χ0v) is 10.3. The van der Waals surface area contributed by atoms with E-state index in [0.29, 0.717) is 24.7 Å². The van der Waals surface area contributed by atoms with E-state index in [2.05, 4.69) is 10.3 Å². The van der Waals surface area contributed by atoms with E-state index in [0.717, 1.165) is 5.69 Å². The molecule has 0 amide bonds. The molecule has 0 aliphatic carbocycles. The number of nitrogens with zero attached hydrogens (tertiary/aromatic N) is 1. The maximum absolute atomic E-state index is 12.0. The number of ether oxygens (including phenoxy) is 1. The smallest absolute Gasteiger partial charge is 0.383 e. The summed E-state index contributed by atoms with van der Waals surface area (Å²) in [6.45, 7) is 1.86. The van der Waals surface area contributed by atoms with Crippen molar-refractivity contribution in [2.24, 2.45) is 0 Å². The third-order valence-corrected chi connectivity index (χ3v) is 2.97. The SMILES string of the molecule is COCCNCc1csc(CCC(F)(F)F)n1. The normalized spacial score (nSPS) is 12.0. The first-order chi connectivity index (χ1) is 8.01. The van der Waals surface area contributed by atoms with Gasteiger partial charge in [-0.15, -0.1) is 11.3 Å². The van der Waals surface area contributed by atoms with E-state index in [1.165, 1.54) is 11.3 Å². The number of alkyl halides is 3. The lowest BCUT2D eigenvalue weighted by atomic mass is 10.3. The van der Waals surface area contributed by atoms with E-state index in [9.17, 15) is 13.2 Å². The van der Waals surface area contributed by atoms with Gasteiger partial charge in [0.25, 0.3) is 0 Å². The Labute approximate surface area is 102 Å². The lowest BCUT2D eigenvalue weighted by Gasteiger charge is -2.03. The standard InChI is InChI=1S/C10H15F3N2OS/c1-16-5-4-14-6-8-7-17-9(15-8)2-3-10(11,12)13/h7,14H,2-6H2,1H3. The molecule has 98 valence electrons. The van der Waals surface area contributed by atoms with Crippen molar-refractivity contribution in [3.8, 4) is 0 Å². The molecule has 7 heteroatoms. The van der Waals surface area contributed by atoms with Gasteiger partial charge in [0.05, 0.1) is 17.3 Å². The Morgan fingerprint density at radius 1 is 1.47 bits per heavy atom. The largest absolute Gasteiger partial charge is 0.389 e. The highest BCUT2D eigenvalue weighted by molar-refractivity contribution is 7.09. The molecule has 0 spiro atoms. The highest BCUT2D eigenvalue weighted by Gasteiger charge is 2.27. The molecule has 0 aromatic carbocycles. The molecule has 17 heavy (non-hydrogen) atoms. The number of hydrogen-bond acceptors (Lipinski definition) is 4. The number of hydrogen-bond donors (Lipinski definition) is 1. The summed E-state index contributed by atoms with van der Waals surface area (Å²) in [4.78, 5) is 4.13. The molecule has 1 N–H and O–H groups in total. The molecular weight excluding hydrogens is 253 g/mol. The van der Waals surface area contributed by atoms with E-state index in [4.69, 9.17) is 4.74 Å². The van der Waals surface area contributed by atoms with Gasteiger partial charge in [-0.05, 0) is 0 Å². The molecule has 3 nitrogen and oxygen atoms in total. The Kier molecular flexibility index (Phi) is 5.87. The summed E-state index contributed by atoms with van der Waals surface area (Å²) in [5.74, 6) is 0. The second kappa shape index (κ2) is 6.93. The Balaban J connectivity index is 2.28. The lowest BCUT2D eigenvalue weighted by molar-refractivity contribution is -0.134. The number of rotatable bonds is 7. The van der Waals surface area contributed by atoms with Gasteiger partial charge in [-0.3, -0.25) is 0 Å². The van der Waals surface area contributed by atoms with Gasteiger partial charge < -0.3 is 10.1 Å². The van der Waals surface area contributed by atoms with Crippen molar-refractivity contribution in [2.75, 3.05) is 20.3 Å². The Bertz CT molecular complexity index is 328. The zero-order chi connectivity index (χ0) is 12.7. The predicted octanol–water partition coefficient (Wildman–Crippen LogP) is 2.37. The fourth-order valence-corrected chi connectivity index (χ4v) is 1.98. The van der Waals surface area contributed by atoms with Crippen molar-refractivity contribution < 1.29 is 17.9 Å².